The molecule has 0 aromatic heterocycles. The third-order valence-corrected chi connectivity index (χ3v) is 3.16. The van der Waals surface area contributed by atoms with Gasteiger partial charge in [-0.05, 0) is 29.9 Å². The fourth-order valence-corrected chi connectivity index (χ4v) is 2.27. The molecule has 1 aromatic carbocycles. The van der Waals surface area contributed by atoms with E-state index in [-0.39, 0.29) is 6.61 Å². The molecule has 1 fully saturated rings. The lowest BCUT2D eigenvalue weighted by molar-refractivity contribution is 0.282. The van der Waals surface area contributed by atoms with Crippen LogP contribution in [-0.2, 0) is 6.61 Å². The first-order valence-corrected chi connectivity index (χ1v) is 5.26. The summed E-state index contributed by atoms with van der Waals surface area (Å²) in [4.78, 5) is 0. The van der Waals surface area contributed by atoms with Crippen LogP contribution in [0.4, 0.5) is 0 Å². The van der Waals surface area contributed by atoms with Gasteiger partial charge in [0.2, 0.25) is 0 Å². The average Bonchev–Trinajstić information content (AvgIpc) is 2.65. The van der Waals surface area contributed by atoms with Crippen molar-refractivity contribution < 1.29 is 5.11 Å². The highest BCUT2D eigenvalue weighted by atomic mass is 16.3. The van der Waals surface area contributed by atoms with Crippen LogP contribution in [0.25, 0.3) is 0 Å². The van der Waals surface area contributed by atoms with Gasteiger partial charge >= 0.3 is 0 Å². The highest BCUT2D eigenvalue weighted by Gasteiger charge is 2.24. The lowest BCUT2D eigenvalue weighted by Crippen LogP contribution is -2.22. The van der Waals surface area contributed by atoms with Gasteiger partial charge in [0.25, 0.3) is 0 Å². The number of aliphatic hydroxyl groups excluding tert-OH is 1. The van der Waals surface area contributed by atoms with Crippen molar-refractivity contribution in [1.29, 1.82) is 0 Å². The van der Waals surface area contributed by atoms with Crippen molar-refractivity contribution in [3.8, 4) is 0 Å². The van der Waals surface area contributed by atoms with Gasteiger partial charge in [0, 0.05) is 6.04 Å². The number of aliphatic hydroxyl groups is 1. The summed E-state index contributed by atoms with van der Waals surface area (Å²) < 4.78 is 0. The molecule has 2 heteroatoms. The number of benzene rings is 1. The molecule has 1 aromatic rings. The second-order valence-corrected chi connectivity index (χ2v) is 4.10. The molecule has 0 bridgehead atoms. The Hall–Kier alpha value is -0.860. The molecule has 76 valence electrons. The van der Waals surface area contributed by atoms with E-state index in [0.717, 1.165) is 12.0 Å². The quantitative estimate of drug-likeness (QED) is 0.748. The molecule has 2 rings (SSSR count). The van der Waals surface area contributed by atoms with Gasteiger partial charge in [0.1, 0.15) is 0 Å². The maximum atomic E-state index is 8.92. The number of rotatable bonds is 2. The molecule has 14 heavy (non-hydrogen) atoms. The van der Waals surface area contributed by atoms with E-state index in [1.54, 1.807) is 0 Å². The van der Waals surface area contributed by atoms with Gasteiger partial charge in [0.15, 0.2) is 0 Å². The van der Waals surface area contributed by atoms with E-state index in [1.165, 1.54) is 18.4 Å². The molecule has 0 spiro atoms. The Bertz CT molecular complexity index is 294. The molecule has 0 saturated heterocycles. The first-order chi connectivity index (χ1) is 6.81. The molecular formula is C12H17NO. The molecular weight excluding hydrogens is 174 g/mol. The largest absolute Gasteiger partial charge is 0.392 e. The van der Waals surface area contributed by atoms with Crippen LogP contribution in [0.1, 0.15) is 36.3 Å². The zero-order valence-electron chi connectivity index (χ0n) is 8.32. The average molecular weight is 191 g/mol. The Balaban J connectivity index is 2.16. The Kier molecular flexibility index (Phi) is 2.85. The maximum Gasteiger partial charge on any atom is 0.0681 e. The van der Waals surface area contributed by atoms with Crippen molar-refractivity contribution in [3.63, 3.8) is 0 Å². The molecule has 1 aliphatic rings. The summed E-state index contributed by atoms with van der Waals surface area (Å²) in [5.74, 6) is 0.530. The van der Waals surface area contributed by atoms with Crippen molar-refractivity contribution in [2.75, 3.05) is 0 Å². The summed E-state index contributed by atoms with van der Waals surface area (Å²) in [6.45, 7) is 0.122. The van der Waals surface area contributed by atoms with Crippen molar-refractivity contribution in [1.82, 2.24) is 0 Å². The maximum absolute atomic E-state index is 8.92. The Morgan fingerprint density at radius 1 is 1.21 bits per heavy atom. The number of hydrogen-bond acceptors (Lipinski definition) is 2. The lowest BCUT2D eigenvalue weighted by atomic mass is 9.94. The molecule has 0 unspecified atom stereocenters. The zero-order chi connectivity index (χ0) is 9.97. The standard InChI is InChI=1S/C12H17NO/c13-12-3-1-2-11(12)10-6-4-9(8-14)5-7-10/h4-7,11-12,14H,1-3,8,13H2/t11-,12+/m1/s1. The Morgan fingerprint density at radius 3 is 2.43 bits per heavy atom. The number of nitrogens with two attached hydrogens (primary N) is 1. The van der Waals surface area contributed by atoms with Crippen LogP contribution >= 0.6 is 0 Å². The summed E-state index contributed by atoms with van der Waals surface area (Å²) in [7, 11) is 0. The second kappa shape index (κ2) is 4.11. The van der Waals surface area contributed by atoms with Gasteiger partial charge in [-0.1, -0.05) is 30.7 Å². The van der Waals surface area contributed by atoms with Crippen LogP contribution in [0.2, 0.25) is 0 Å². The van der Waals surface area contributed by atoms with E-state index < -0.39 is 0 Å². The SMILES string of the molecule is N[C@H]1CCC[C@@H]1c1ccc(CO)cc1. The van der Waals surface area contributed by atoms with Crippen molar-refractivity contribution in [2.24, 2.45) is 5.73 Å². The van der Waals surface area contributed by atoms with Crippen LogP contribution < -0.4 is 5.73 Å². The Labute approximate surface area is 84.7 Å². The summed E-state index contributed by atoms with van der Waals surface area (Å²) in [6.07, 6.45) is 3.60. The minimum Gasteiger partial charge on any atom is -0.392 e. The first kappa shape index (κ1) is 9.69. The lowest BCUT2D eigenvalue weighted by Gasteiger charge is -2.15. The molecule has 1 saturated carbocycles. The monoisotopic (exact) mass is 191 g/mol. The van der Waals surface area contributed by atoms with Crippen LogP contribution in [0, 0.1) is 0 Å². The molecule has 3 N–H and O–H groups in total. The summed E-state index contributed by atoms with van der Waals surface area (Å²) in [5, 5.41) is 8.92. The fourth-order valence-electron chi connectivity index (χ4n) is 2.27. The van der Waals surface area contributed by atoms with E-state index >= 15 is 0 Å². The van der Waals surface area contributed by atoms with Crippen LogP contribution in [0.15, 0.2) is 24.3 Å². The van der Waals surface area contributed by atoms with Crippen molar-refractivity contribution in [3.05, 3.63) is 35.4 Å². The first-order valence-electron chi connectivity index (χ1n) is 5.26. The minimum absolute atomic E-state index is 0.122. The van der Waals surface area contributed by atoms with Gasteiger partial charge in [-0.15, -0.1) is 0 Å². The summed E-state index contributed by atoms with van der Waals surface area (Å²) >= 11 is 0. The van der Waals surface area contributed by atoms with E-state index in [9.17, 15) is 0 Å². The normalized spacial score (nSPS) is 26.7. The predicted molar refractivity (Wildman–Crippen MR) is 56.9 cm³/mol. The van der Waals surface area contributed by atoms with Gasteiger partial charge in [-0.2, -0.15) is 0 Å². The van der Waals surface area contributed by atoms with Crippen LogP contribution in [0.3, 0.4) is 0 Å². The predicted octanol–water partition coefficient (Wildman–Crippen LogP) is 1.77. The molecule has 0 aliphatic heterocycles. The highest BCUT2D eigenvalue weighted by molar-refractivity contribution is 5.26. The molecule has 0 radical (unpaired) electrons. The number of hydrogen-bond donors (Lipinski definition) is 2. The van der Waals surface area contributed by atoms with Crippen molar-refractivity contribution in [2.45, 2.75) is 37.8 Å². The Morgan fingerprint density at radius 2 is 1.93 bits per heavy atom. The minimum atomic E-state index is 0.122. The van der Waals surface area contributed by atoms with E-state index in [4.69, 9.17) is 10.8 Å². The summed E-state index contributed by atoms with van der Waals surface area (Å²) in [5.41, 5.74) is 8.33. The van der Waals surface area contributed by atoms with Gasteiger partial charge in [-0.25, -0.2) is 0 Å². The smallest absolute Gasteiger partial charge is 0.0681 e. The topological polar surface area (TPSA) is 46.2 Å². The van der Waals surface area contributed by atoms with Crippen LogP contribution in [-0.4, -0.2) is 11.1 Å². The van der Waals surface area contributed by atoms with E-state index in [0.29, 0.717) is 12.0 Å². The van der Waals surface area contributed by atoms with E-state index in [1.807, 2.05) is 12.1 Å². The molecule has 2 nitrogen and oxygen atoms in total. The van der Waals surface area contributed by atoms with Gasteiger partial charge in [0.05, 0.1) is 6.61 Å². The second-order valence-electron chi connectivity index (χ2n) is 4.10. The van der Waals surface area contributed by atoms with Crippen LogP contribution in [0.5, 0.6) is 0 Å². The zero-order valence-corrected chi connectivity index (χ0v) is 8.32. The molecule has 0 heterocycles. The fraction of sp³-hybridized carbons (Fsp3) is 0.500. The van der Waals surface area contributed by atoms with Gasteiger partial charge < -0.3 is 10.8 Å². The third-order valence-electron chi connectivity index (χ3n) is 3.16. The van der Waals surface area contributed by atoms with E-state index in [2.05, 4.69) is 12.1 Å². The summed E-state index contributed by atoms with van der Waals surface area (Å²) in [6, 6.07) is 8.50. The van der Waals surface area contributed by atoms with Gasteiger partial charge in [-0.3, -0.25) is 0 Å². The highest BCUT2D eigenvalue weighted by Crippen LogP contribution is 2.33. The molecule has 2 atom stereocenters. The molecule has 0 amide bonds. The van der Waals surface area contributed by atoms with Crippen molar-refractivity contribution >= 4 is 0 Å². The third kappa shape index (κ3) is 1.81. The molecule has 1 aliphatic carbocycles.